The Morgan fingerprint density at radius 1 is 1.47 bits per heavy atom. The number of likely N-dealkylation sites (tertiary alicyclic amines) is 1. The van der Waals surface area contributed by atoms with E-state index in [0.29, 0.717) is 0 Å². The topological polar surface area (TPSA) is 40.5 Å². The Morgan fingerprint density at radius 2 is 2.13 bits per heavy atom. The van der Waals surface area contributed by atoms with E-state index in [0.717, 1.165) is 30.8 Å². The number of hydrogen-bond donors (Lipinski definition) is 1. The molecule has 0 aliphatic carbocycles. The van der Waals surface area contributed by atoms with Gasteiger partial charge in [-0.3, -0.25) is 9.69 Å². The highest BCUT2D eigenvalue weighted by atomic mass is 32.1. The third-order valence-corrected chi connectivity index (χ3v) is 3.82. The molecule has 0 saturated carbocycles. The highest BCUT2D eigenvalue weighted by Crippen LogP contribution is 2.30. The molecule has 0 unspecified atom stereocenters. The Morgan fingerprint density at radius 3 is 2.60 bits per heavy atom. The zero-order valence-electron chi connectivity index (χ0n) is 8.77. The van der Waals surface area contributed by atoms with Crippen LogP contribution < -0.4 is 0 Å². The maximum Gasteiger partial charge on any atom is 0.326 e. The molecule has 1 fully saturated rings. The number of aryl methyl sites for hydroxylation is 1. The van der Waals surface area contributed by atoms with Crippen LogP contribution in [0.4, 0.5) is 0 Å². The van der Waals surface area contributed by atoms with Crippen molar-refractivity contribution in [3.63, 3.8) is 0 Å². The monoisotopic (exact) mass is 225 g/mol. The minimum Gasteiger partial charge on any atom is -0.480 e. The third-order valence-electron chi connectivity index (χ3n) is 2.77. The first-order valence-electron chi connectivity index (χ1n) is 5.21. The third kappa shape index (κ3) is 2.21. The second-order valence-corrected chi connectivity index (χ2v) is 5.25. The molecule has 4 heteroatoms. The number of nitrogens with zero attached hydrogens (tertiary/aromatic N) is 1. The second-order valence-electron chi connectivity index (χ2n) is 3.93. The molecule has 0 bridgehead atoms. The summed E-state index contributed by atoms with van der Waals surface area (Å²) < 4.78 is 0. The number of carbonyl (C=O) groups is 1. The molecular weight excluding hydrogens is 210 g/mol. The van der Waals surface area contributed by atoms with Crippen LogP contribution in [-0.4, -0.2) is 29.1 Å². The van der Waals surface area contributed by atoms with Crippen molar-refractivity contribution in [3.8, 4) is 0 Å². The Bertz CT molecular complexity index is 355. The molecule has 0 amide bonds. The van der Waals surface area contributed by atoms with Crippen LogP contribution in [0.3, 0.4) is 0 Å². The fraction of sp³-hybridized carbons (Fsp3) is 0.545. The highest BCUT2D eigenvalue weighted by molar-refractivity contribution is 7.12. The fourth-order valence-electron chi connectivity index (χ4n) is 2.06. The van der Waals surface area contributed by atoms with Crippen LogP contribution in [0.2, 0.25) is 0 Å². The van der Waals surface area contributed by atoms with Crippen molar-refractivity contribution in [2.75, 3.05) is 13.1 Å². The van der Waals surface area contributed by atoms with E-state index in [-0.39, 0.29) is 0 Å². The van der Waals surface area contributed by atoms with E-state index in [4.69, 9.17) is 0 Å². The largest absolute Gasteiger partial charge is 0.480 e. The summed E-state index contributed by atoms with van der Waals surface area (Å²) >= 11 is 1.59. The van der Waals surface area contributed by atoms with Crippen molar-refractivity contribution in [2.45, 2.75) is 25.8 Å². The Hall–Kier alpha value is -0.870. The van der Waals surface area contributed by atoms with Gasteiger partial charge < -0.3 is 5.11 Å². The number of rotatable bonds is 3. The van der Waals surface area contributed by atoms with Crippen LogP contribution in [0.1, 0.15) is 28.6 Å². The first-order valence-corrected chi connectivity index (χ1v) is 6.03. The molecule has 2 rings (SSSR count). The van der Waals surface area contributed by atoms with E-state index in [1.807, 2.05) is 19.1 Å². The summed E-state index contributed by atoms with van der Waals surface area (Å²) in [6.45, 7) is 3.83. The molecule has 15 heavy (non-hydrogen) atoms. The maximum atomic E-state index is 11.3. The normalized spacial score (nSPS) is 19.3. The van der Waals surface area contributed by atoms with E-state index >= 15 is 0 Å². The van der Waals surface area contributed by atoms with E-state index in [1.54, 1.807) is 11.3 Å². The quantitative estimate of drug-likeness (QED) is 0.858. The molecule has 0 aromatic carbocycles. The van der Waals surface area contributed by atoms with Crippen molar-refractivity contribution < 1.29 is 9.90 Å². The van der Waals surface area contributed by atoms with E-state index < -0.39 is 12.0 Å². The molecule has 1 N–H and O–H groups in total. The van der Waals surface area contributed by atoms with Crippen LogP contribution in [0.15, 0.2) is 12.1 Å². The molecule has 1 atom stereocenters. The molecule has 1 aromatic heterocycles. The van der Waals surface area contributed by atoms with E-state index in [2.05, 4.69) is 4.90 Å². The van der Waals surface area contributed by atoms with Gasteiger partial charge in [-0.15, -0.1) is 11.3 Å². The number of thiophene rings is 1. The smallest absolute Gasteiger partial charge is 0.326 e. The highest BCUT2D eigenvalue weighted by Gasteiger charge is 2.30. The van der Waals surface area contributed by atoms with Crippen LogP contribution in [-0.2, 0) is 4.79 Å². The lowest BCUT2D eigenvalue weighted by molar-refractivity contribution is -0.143. The summed E-state index contributed by atoms with van der Waals surface area (Å²) in [6, 6.07) is 3.51. The van der Waals surface area contributed by atoms with Gasteiger partial charge in [-0.05, 0) is 45.0 Å². The average molecular weight is 225 g/mol. The predicted octanol–water partition coefficient (Wildman–Crippen LogP) is 2.28. The summed E-state index contributed by atoms with van der Waals surface area (Å²) in [5, 5.41) is 9.26. The zero-order chi connectivity index (χ0) is 10.8. The Kier molecular flexibility index (Phi) is 3.07. The van der Waals surface area contributed by atoms with Gasteiger partial charge in [0, 0.05) is 9.75 Å². The molecule has 0 radical (unpaired) electrons. The second kappa shape index (κ2) is 4.33. The van der Waals surface area contributed by atoms with Crippen molar-refractivity contribution in [1.29, 1.82) is 0 Å². The van der Waals surface area contributed by atoms with Gasteiger partial charge in [-0.1, -0.05) is 0 Å². The predicted molar refractivity (Wildman–Crippen MR) is 60.2 cm³/mol. The van der Waals surface area contributed by atoms with Gasteiger partial charge in [-0.25, -0.2) is 0 Å². The summed E-state index contributed by atoms with van der Waals surface area (Å²) in [4.78, 5) is 15.5. The van der Waals surface area contributed by atoms with Crippen LogP contribution >= 0.6 is 11.3 Å². The van der Waals surface area contributed by atoms with Gasteiger partial charge in [-0.2, -0.15) is 0 Å². The fourth-order valence-corrected chi connectivity index (χ4v) is 3.06. The van der Waals surface area contributed by atoms with Crippen LogP contribution in [0, 0.1) is 6.92 Å². The SMILES string of the molecule is Cc1ccc([C@@H](C(=O)O)N2CCCC2)s1. The van der Waals surface area contributed by atoms with Gasteiger partial charge in [0.15, 0.2) is 0 Å². The first kappa shape index (κ1) is 10.6. The lowest BCUT2D eigenvalue weighted by atomic mass is 10.2. The van der Waals surface area contributed by atoms with Gasteiger partial charge in [0.25, 0.3) is 0 Å². The van der Waals surface area contributed by atoms with Gasteiger partial charge in [0.05, 0.1) is 0 Å². The van der Waals surface area contributed by atoms with Crippen molar-refractivity contribution in [3.05, 3.63) is 21.9 Å². The Balaban J connectivity index is 2.22. The number of carboxylic acid groups (broad SMARTS) is 1. The minimum atomic E-state index is -0.723. The molecule has 1 aliphatic rings. The van der Waals surface area contributed by atoms with Crippen molar-refractivity contribution in [1.82, 2.24) is 4.90 Å². The molecule has 1 aliphatic heterocycles. The number of hydrogen-bond acceptors (Lipinski definition) is 3. The zero-order valence-corrected chi connectivity index (χ0v) is 9.59. The number of aliphatic carboxylic acids is 1. The summed E-state index contributed by atoms with van der Waals surface area (Å²) in [7, 11) is 0. The molecule has 1 saturated heterocycles. The van der Waals surface area contributed by atoms with Crippen molar-refractivity contribution in [2.24, 2.45) is 0 Å². The minimum absolute atomic E-state index is 0.425. The van der Waals surface area contributed by atoms with Gasteiger partial charge in [0.1, 0.15) is 6.04 Å². The summed E-state index contributed by atoms with van der Waals surface area (Å²) in [6.07, 6.45) is 2.24. The molecule has 0 spiro atoms. The van der Waals surface area contributed by atoms with E-state index in [1.165, 1.54) is 4.88 Å². The summed E-state index contributed by atoms with van der Waals surface area (Å²) in [5.41, 5.74) is 0. The van der Waals surface area contributed by atoms with Crippen LogP contribution in [0.25, 0.3) is 0 Å². The maximum absolute atomic E-state index is 11.3. The van der Waals surface area contributed by atoms with E-state index in [9.17, 15) is 9.90 Å². The average Bonchev–Trinajstić information content (AvgIpc) is 2.77. The lowest BCUT2D eigenvalue weighted by Gasteiger charge is -2.22. The van der Waals surface area contributed by atoms with Crippen LogP contribution in [0.5, 0.6) is 0 Å². The molecular formula is C11H15NO2S. The lowest BCUT2D eigenvalue weighted by Crippen LogP contribution is -2.31. The molecule has 1 aromatic rings. The van der Waals surface area contributed by atoms with Gasteiger partial charge >= 0.3 is 5.97 Å². The molecule has 82 valence electrons. The van der Waals surface area contributed by atoms with Gasteiger partial charge in [0.2, 0.25) is 0 Å². The van der Waals surface area contributed by atoms with Crippen molar-refractivity contribution >= 4 is 17.3 Å². The molecule has 2 heterocycles. The molecule has 3 nitrogen and oxygen atoms in total. The Labute approximate surface area is 93.3 Å². The number of carboxylic acids is 1. The first-order chi connectivity index (χ1) is 7.18. The summed E-state index contributed by atoms with van der Waals surface area (Å²) in [5.74, 6) is -0.723. The standard InChI is InChI=1S/C11H15NO2S/c1-8-4-5-9(15-8)10(11(13)14)12-6-2-3-7-12/h4-5,10H,2-3,6-7H2,1H3,(H,13,14)/t10-/m0/s1.